The van der Waals surface area contributed by atoms with E-state index in [-0.39, 0.29) is 29.1 Å². The van der Waals surface area contributed by atoms with Crippen LogP contribution in [0.2, 0.25) is 0 Å². The number of halogens is 1. The van der Waals surface area contributed by atoms with Gasteiger partial charge in [-0.25, -0.2) is 0 Å². The van der Waals surface area contributed by atoms with Crippen molar-refractivity contribution in [1.29, 1.82) is 5.26 Å². The SMILES string of the molecule is COC(=O)Cc1c(CCl)cc(C#N)cc1[N+](=O)[O-]. The number of benzene rings is 1. The molecule has 0 aliphatic heterocycles. The molecular weight excluding hydrogens is 260 g/mol. The number of nitro groups is 1. The lowest BCUT2D eigenvalue weighted by Crippen LogP contribution is -2.09. The predicted molar refractivity (Wildman–Crippen MR) is 63.1 cm³/mol. The van der Waals surface area contributed by atoms with Crippen molar-refractivity contribution in [1.82, 2.24) is 0 Å². The number of nitriles is 1. The van der Waals surface area contributed by atoms with Gasteiger partial charge in [-0.1, -0.05) is 0 Å². The van der Waals surface area contributed by atoms with Crippen molar-refractivity contribution >= 4 is 23.3 Å². The number of hydrogen-bond acceptors (Lipinski definition) is 5. The molecule has 0 unspecified atom stereocenters. The van der Waals surface area contributed by atoms with Gasteiger partial charge < -0.3 is 4.74 Å². The molecule has 18 heavy (non-hydrogen) atoms. The van der Waals surface area contributed by atoms with Crippen LogP contribution in [0.25, 0.3) is 0 Å². The third-order valence-electron chi connectivity index (χ3n) is 2.34. The standard InChI is InChI=1S/C11H9ClN2O4/c1-18-11(15)4-9-8(5-12)2-7(6-13)3-10(9)14(16)17/h2-3H,4-5H2,1H3. The average molecular weight is 269 g/mol. The van der Waals surface area contributed by atoms with Crippen LogP contribution in [0.3, 0.4) is 0 Å². The number of ether oxygens (including phenoxy) is 1. The van der Waals surface area contributed by atoms with Crippen molar-refractivity contribution in [2.24, 2.45) is 0 Å². The molecule has 0 heterocycles. The summed E-state index contributed by atoms with van der Waals surface area (Å²) in [6, 6.07) is 4.36. The van der Waals surface area contributed by atoms with Crippen LogP contribution in [0.4, 0.5) is 5.69 Å². The molecule has 0 spiro atoms. The molecule has 0 amide bonds. The van der Waals surface area contributed by atoms with Crippen molar-refractivity contribution in [2.75, 3.05) is 7.11 Å². The van der Waals surface area contributed by atoms with E-state index in [9.17, 15) is 14.9 Å². The van der Waals surface area contributed by atoms with Gasteiger partial charge in [-0.15, -0.1) is 11.6 Å². The minimum Gasteiger partial charge on any atom is -0.469 e. The molecule has 94 valence electrons. The minimum absolute atomic E-state index is 0.0251. The first-order valence-electron chi connectivity index (χ1n) is 4.86. The van der Waals surface area contributed by atoms with Gasteiger partial charge in [-0.3, -0.25) is 14.9 Å². The second-order valence-electron chi connectivity index (χ2n) is 3.39. The first-order valence-corrected chi connectivity index (χ1v) is 5.40. The number of nitro benzene ring substituents is 1. The Morgan fingerprint density at radius 3 is 2.72 bits per heavy atom. The fourth-order valence-corrected chi connectivity index (χ4v) is 1.72. The van der Waals surface area contributed by atoms with Gasteiger partial charge in [0, 0.05) is 17.5 Å². The maximum absolute atomic E-state index is 11.2. The van der Waals surface area contributed by atoms with E-state index in [4.69, 9.17) is 16.9 Å². The number of nitrogens with zero attached hydrogens (tertiary/aromatic N) is 2. The van der Waals surface area contributed by atoms with E-state index in [1.165, 1.54) is 13.2 Å². The Bertz CT molecular complexity index is 537. The van der Waals surface area contributed by atoms with Crippen LogP contribution < -0.4 is 0 Å². The van der Waals surface area contributed by atoms with Gasteiger partial charge in [0.05, 0.1) is 30.1 Å². The zero-order chi connectivity index (χ0) is 13.7. The molecule has 0 saturated carbocycles. The largest absolute Gasteiger partial charge is 0.469 e. The topological polar surface area (TPSA) is 93.2 Å². The molecule has 0 aliphatic carbocycles. The highest BCUT2D eigenvalue weighted by Gasteiger charge is 2.21. The monoisotopic (exact) mass is 268 g/mol. The van der Waals surface area contributed by atoms with Gasteiger partial charge in [-0.2, -0.15) is 5.26 Å². The lowest BCUT2D eigenvalue weighted by atomic mass is 10.0. The van der Waals surface area contributed by atoms with Crippen LogP contribution in [0, 0.1) is 21.4 Å². The minimum atomic E-state index is -0.644. The maximum Gasteiger partial charge on any atom is 0.310 e. The van der Waals surface area contributed by atoms with Crippen LogP contribution in [-0.2, 0) is 21.8 Å². The Morgan fingerprint density at radius 1 is 1.61 bits per heavy atom. The molecule has 7 heteroatoms. The van der Waals surface area contributed by atoms with Crippen molar-refractivity contribution in [3.8, 4) is 6.07 Å². The highest BCUT2D eigenvalue weighted by Crippen LogP contribution is 2.26. The number of carbonyl (C=O) groups excluding carboxylic acids is 1. The smallest absolute Gasteiger partial charge is 0.310 e. The van der Waals surface area contributed by atoms with Crippen molar-refractivity contribution in [3.05, 3.63) is 38.9 Å². The Balaban J connectivity index is 3.40. The Labute approximate surface area is 108 Å². The van der Waals surface area contributed by atoms with Crippen LogP contribution in [0.5, 0.6) is 0 Å². The summed E-state index contributed by atoms with van der Waals surface area (Å²) < 4.78 is 4.48. The van der Waals surface area contributed by atoms with Crippen LogP contribution in [0.15, 0.2) is 12.1 Å². The number of carbonyl (C=O) groups is 1. The molecule has 1 aromatic carbocycles. The fraction of sp³-hybridized carbons (Fsp3) is 0.273. The summed E-state index contributed by atoms with van der Waals surface area (Å²) in [6.45, 7) is 0. The van der Waals surface area contributed by atoms with Crippen LogP contribution >= 0.6 is 11.6 Å². The van der Waals surface area contributed by atoms with E-state index < -0.39 is 10.9 Å². The molecule has 0 N–H and O–H groups in total. The Morgan fingerprint density at radius 2 is 2.28 bits per heavy atom. The molecule has 0 aliphatic rings. The van der Waals surface area contributed by atoms with E-state index >= 15 is 0 Å². The van der Waals surface area contributed by atoms with E-state index in [2.05, 4.69) is 4.74 Å². The summed E-state index contributed by atoms with van der Waals surface area (Å²) in [4.78, 5) is 21.5. The zero-order valence-electron chi connectivity index (χ0n) is 9.47. The zero-order valence-corrected chi connectivity index (χ0v) is 10.2. The summed E-state index contributed by atoms with van der Waals surface area (Å²) in [5.41, 5.74) is 0.398. The quantitative estimate of drug-likeness (QED) is 0.360. The molecule has 0 fully saturated rings. The van der Waals surface area contributed by atoms with Gasteiger partial charge >= 0.3 is 5.97 Å². The molecule has 1 aromatic rings. The van der Waals surface area contributed by atoms with Gasteiger partial charge in [-0.05, 0) is 11.6 Å². The molecule has 6 nitrogen and oxygen atoms in total. The summed E-state index contributed by atoms with van der Waals surface area (Å²) in [7, 11) is 1.19. The summed E-state index contributed by atoms with van der Waals surface area (Å²) in [5, 5.41) is 19.7. The summed E-state index contributed by atoms with van der Waals surface area (Å²) >= 11 is 5.68. The van der Waals surface area contributed by atoms with Crippen molar-refractivity contribution in [2.45, 2.75) is 12.3 Å². The third kappa shape index (κ3) is 2.96. The van der Waals surface area contributed by atoms with Crippen molar-refractivity contribution in [3.63, 3.8) is 0 Å². The van der Waals surface area contributed by atoms with E-state index in [0.717, 1.165) is 6.07 Å². The first-order chi connectivity index (χ1) is 8.53. The second kappa shape index (κ2) is 5.98. The van der Waals surface area contributed by atoms with Crippen LogP contribution in [0.1, 0.15) is 16.7 Å². The Hall–Kier alpha value is -2.13. The average Bonchev–Trinajstić information content (AvgIpc) is 2.38. The summed E-state index contributed by atoms with van der Waals surface area (Å²) in [6.07, 6.45) is -0.249. The van der Waals surface area contributed by atoms with Crippen molar-refractivity contribution < 1.29 is 14.5 Å². The molecular formula is C11H9ClN2O4. The highest BCUT2D eigenvalue weighted by atomic mass is 35.5. The van der Waals surface area contributed by atoms with Gasteiger partial charge in [0.25, 0.3) is 5.69 Å². The summed E-state index contributed by atoms with van der Waals surface area (Å²) in [5.74, 6) is -0.628. The lowest BCUT2D eigenvalue weighted by Gasteiger charge is -2.07. The van der Waals surface area contributed by atoms with E-state index in [0.29, 0.717) is 5.56 Å². The number of alkyl halides is 1. The van der Waals surface area contributed by atoms with E-state index in [1.807, 2.05) is 6.07 Å². The number of hydrogen-bond donors (Lipinski definition) is 0. The molecule has 0 atom stereocenters. The maximum atomic E-state index is 11.2. The predicted octanol–water partition coefficient (Wildman–Crippen LogP) is 1.92. The molecule has 0 saturated heterocycles. The van der Waals surface area contributed by atoms with Gasteiger partial charge in [0.2, 0.25) is 0 Å². The third-order valence-corrected chi connectivity index (χ3v) is 2.63. The van der Waals surface area contributed by atoms with Gasteiger partial charge in [0.1, 0.15) is 0 Å². The lowest BCUT2D eigenvalue weighted by molar-refractivity contribution is -0.385. The van der Waals surface area contributed by atoms with Crippen LogP contribution in [-0.4, -0.2) is 18.0 Å². The molecule has 0 radical (unpaired) electrons. The number of rotatable bonds is 4. The van der Waals surface area contributed by atoms with E-state index in [1.54, 1.807) is 0 Å². The normalized spacial score (nSPS) is 9.61. The highest BCUT2D eigenvalue weighted by molar-refractivity contribution is 6.17. The second-order valence-corrected chi connectivity index (χ2v) is 3.66. The molecule has 0 bridgehead atoms. The number of esters is 1. The number of methoxy groups -OCH3 is 1. The van der Waals surface area contributed by atoms with Gasteiger partial charge in [0.15, 0.2) is 0 Å². The fourth-order valence-electron chi connectivity index (χ4n) is 1.48. The molecule has 0 aromatic heterocycles. The Kier molecular flexibility index (Phi) is 4.63. The molecule has 1 rings (SSSR count). The first kappa shape index (κ1) is 13.9.